The van der Waals surface area contributed by atoms with E-state index in [1.807, 2.05) is 0 Å². The summed E-state index contributed by atoms with van der Waals surface area (Å²) >= 11 is 4.23. The first-order valence-corrected chi connectivity index (χ1v) is 11.9. The van der Waals surface area contributed by atoms with Crippen LogP contribution in [0.2, 0.25) is 0 Å². The fraction of sp³-hybridized carbons (Fsp3) is 0.346. The van der Waals surface area contributed by atoms with Crippen LogP contribution in [0.3, 0.4) is 0 Å². The van der Waals surface area contributed by atoms with Crippen molar-refractivity contribution in [2.24, 2.45) is 0 Å². The molecule has 36 heavy (non-hydrogen) atoms. The monoisotopic (exact) mass is 515 g/mol. The number of thiol groups is 1. The summed E-state index contributed by atoms with van der Waals surface area (Å²) in [6.45, 7) is 8.84. The predicted octanol–water partition coefficient (Wildman–Crippen LogP) is 3.92. The summed E-state index contributed by atoms with van der Waals surface area (Å²) in [5.74, 6) is -0.463. The van der Waals surface area contributed by atoms with Gasteiger partial charge in [-0.25, -0.2) is 4.79 Å². The summed E-state index contributed by atoms with van der Waals surface area (Å²) in [7, 11) is 1.54. The Hall–Kier alpha value is -3.66. The van der Waals surface area contributed by atoms with Gasteiger partial charge < -0.3 is 30.1 Å². The van der Waals surface area contributed by atoms with Crippen molar-refractivity contribution in [2.75, 3.05) is 24.7 Å². The van der Waals surface area contributed by atoms with Crippen LogP contribution >= 0.6 is 12.6 Å². The number of ether oxygens (including phenoxy) is 2. The molecule has 0 radical (unpaired) electrons. The van der Waals surface area contributed by atoms with Crippen LogP contribution in [-0.4, -0.2) is 59.0 Å². The Kier molecular flexibility index (Phi) is 10.2. The van der Waals surface area contributed by atoms with Crippen molar-refractivity contribution >= 4 is 36.2 Å². The topological polar surface area (TPSA) is 117 Å². The highest BCUT2D eigenvalue weighted by Crippen LogP contribution is 2.26. The molecule has 0 saturated heterocycles. The maximum Gasteiger partial charge on any atom is 0.408 e. The van der Waals surface area contributed by atoms with Gasteiger partial charge in [-0.15, -0.1) is 6.58 Å². The number of methoxy groups -OCH3 is 1. The number of phenols is 1. The van der Waals surface area contributed by atoms with Crippen molar-refractivity contribution in [1.82, 2.24) is 10.2 Å². The Morgan fingerprint density at radius 3 is 2.22 bits per heavy atom. The summed E-state index contributed by atoms with van der Waals surface area (Å²) in [6.07, 6.45) is 0.701. The van der Waals surface area contributed by atoms with Crippen molar-refractivity contribution < 1.29 is 29.0 Å². The number of rotatable bonds is 10. The summed E-state index contributed by atoms with van der Waals surface area (Å²) in [4.78, 5) is 40.8. The first-order valence-electron chi connectivity index (χ1n) is 11.2. The van der Waals surface area contributed by atoms with Gasteiger partial charge in [-0.2, -0.15) is 12.6 Å². The number of benzene rings is 2. The van der Waals surface area contributed by atoms with Crippen LogP contribution in [0.15, 0.2) is 61.2 Å². The zero-order valence-electron chi connectivity index (χ0n) is 20.9. The first kappa shape index (κ1) is 28.6. The molecule has 2 aromatic carbocycles. The van der Waals surface area contributed by atoms with Gasteiger partial charge in [-0.05, 0) is 62.7 Å². The summed E-state index contributed by atoms with van der Waals surface area (Å²) in [5, 5.41) is 15.1. The van der Waals surface area contributed by atoms with Gasteiger partial charge in [0.05, 0.1) is 7.11 Å². The highest BCUT2D eigenvalue weighted by atomic mass is 32.1. The lowest BCUT2D eigenvalue weighted by molar-refractivity contribution is -0.139. The third-order valence-corrected chi connectivity index (χ3v) is 5.27. The standard InChI is InChI=1S/C26H33N3O6S/c1-6-15-29(24(32)21(16-36)28-25(33)35-26(2,3)4)22(17-7-11-19(30)12-8-17)23(31)27-18-9-13-20(34-5)14-10-18/h6-14,21-22,30,36H,1,15-16H2,2-5H3,(H,27,31)(H,28,33). The van der Waals surface area contributed by atoms with E-state index in [0.29, 0.717) is 17.0 Å². The van der Waals surface area contributed by atoms with Crippen molar-refractivity contribution in [3.05, 3.63) is 66.7 Å². The average molecular weight is 516 g/mol. The van der Waals surface area contributed by atoms with Gasteiger partial charge in [-0.1, -0.05) is 18.2 Å². The zero-order valence-corrected chi connectivity index (χ0v) is 21.7. The predicted molar refractivity (Wildman–Crippen MR) is 141 cm³/mol. The normalized spacial score (nSPS) is 12.6. The molecule has 3 amide bonds. The Morgan fingerprint density at radius 1 is 1.11 bits per heavy atom. The maximum absolute atomic E-state index is 13.6. The number of carbonyl (C=O) groups excluding carboxylic acids is 3. The number of hydrogen-bond acceptors (Lipinski definition) is 7. The van der Waals surface area contributed by atoms with Crippen molar-refractivity contribution in [3.8, 4) is 11.5 Å². The number of anilines is 1. The number of hydrogen-bond donors (Lipinski definition) is 4. The number of phenolic OH excluding ortho intramolecular Hbond substituents is 1. The second-order valence-corrected chi connectivity index (χ2v) is 9.24. The van der Waals surface area contributed by atoms with E-state index in [-0.39, 0.29) is 18.0 Å². The number of nitrogens with one attached hydrogen (secondary N) is 2. The van der Waals surface area contributed by atoms with Crippen molar-refractivity contribution in [2.45, 2.75) is 38.5 Å². The smallest absolute Gasteiger partial charge is 0.408 e. The molecular weight excluding hydrogens is 482 g/mol. The van der Waals surface area contributed by atoms with Crippen LogP contribution < -0.4 is 15.4 Å². The first-order chi connectivity index (χ1) is 17.0. The highest BCUT2D eigenvalue weighted by molar-refractivity contribution is 7.80. The zero-order chi connectivity index (χ0) is 26.9. The van der Waals surface area contributed by atoms with Gasteiger partial charge in [0.25, 0.3) is 5.91 Å². The molecule has 2 unspecified atom stereocenters. The molecule has 9 nitrogen and oxygen atoms in total. The third kappa shape index (κ3) is 8.23. The minimum atomic E-state index is -1.11. The van der Waals surface area contributed by atoms with Crippen LogP contribution in [0, 0.1) is 0 Å². The third-order valence-electron chi connectivity index (χ3n) is 4.91. The van der Waals surface area contributed by atoms with Gasteiger partial charge in [0.2, 0.25) is 5.91 Å². The quantitative estimate of drug-likeness (QED) is 0.282. The van der Waals surface area contributed by atoms with E-state index in [1.165, 1.54) is 30.2 Å². The molecule has 0 fully saturated rings. The van der Waals surface area contributed by atoms with Gasteiger partial charge in [-0.3, -0.25) is 9.59 Å². The van der Waals surface area contributed by atoms with E-state index >= 15 is 0 Å². The summed E-state index contributed by atoms with van der Waals surface area (Å²) in [5.41, 5.74) is 0.180. The molecule has 194 valence electrons. The molecule has 0 aromatic heterocycles. The van der Waals surface area contributed by atoms with E-state index in [4.69, 9.17) is 9.47 Å². The molecule has 2 rings (SSSR count). The molecule has 2 atom stereocenters. The molecule has 3 N–H and O–H groups in total. The van der Waals surface area contributed by atoms with Gasteiger partial charge >= 0.3 is 6.09 Å². The number of amides is 3. The van der Waals surface area contributed by atoms with E-state index in [1.54, 1.807) is 57.2 Å². The SMILES string of the molecule is C=CCN(C(=O)C(CS)NC(=O)OC(C)(C)C)C(C(=O)Nc1ccc(OC)cc1)c1ccc(O)cc1. The van der Waals surface area contributed by atoms with E-state index in [2.05, 4.69) is 29.8 Å². The lowest BCUT2D eigenvalue weighted by atomic mass is 10.0. The van der Waals surface area contributed by atoms with Crippen molar-refractivity contribution in [1.29, 1.82) is 0 Å². The minimum Gasteiger partial charge on any atom is -0.508 e. The maximum atomic E-state index is 13.6. The Bertz CT molecular complexity index is 1050. The van der Waals surface area contributed by atoms with Crippen LogP contribution in [0.5, 0.6) is 11.5 Å². The minimum absolute atomic E-state index is 0.000680. The van der Waals surface area contributed by atoms with Gasteiger partial charge in [0, 0.05) is 18.0 Å². The van der Waals surface area contributed by atoms with E-state index < -0.39 is 35.6 Å². The van der Waals surface area contributed by atoms with Crippen LogP contribution in [0.4, 0.5) is 10.5 Å². The molecule has 0 spiro atoms. The summed E-state index contributed by atoms with van der Waals surface area (Å²) < 4.78 is 10.4. The van der Waals surface area contributed by atoms with E-state index in [0.717, 1.165) is 0 Å². The van der Waals surface area contributed by atoms with Gasteiger partial charge in [0.15, 0.2) is 0 Å². The number of aromatic hydroxyl groups is 1. The lowest BCUT2D eigenvalue weighted by Gasteiger charge is -2.33. The number of nitrogens with zero attached hydrogens (tertiary/aromatic N) is 1. The Morgan fingerprint density at radius 2 is 1.72 bits per heavy atom. The fourth-order valence-corrected chi connectivity index (χ4v) is 3.56. The molecule has 0 bridgehead atoms. The number of alkyl carbamates (subject to hydrolysis) is 1. The molecule has 0 heterocycles. The average Bonchev–Trinajstić information content (AvgIpc) is 2.82. The van der Waals surface area contributed by atoms with E-state index in [9.17, 15) is 19.5 Å². The van der Waals surface area contributed by atoms with Crippen molar-refractivity contribution in [3.63, 3.8) is 0 Å². The molecule has 10 heteroatoms. The molecule has 0 aliphatic heterocycles. The molecular formula is C26H33N3O6S. The van der Waals surface area contributed by atoms with Gasteiger partial charge in [0.1, 0.15) is 29.2 Å². The molecule has 0 aliphatic carbocycles. The fourth-order valence-electron chi connectivity index (χ4n) is 3.31. The van der Waals surface area contributed by atoms with Crippen LogP contribution in [0.25, 0.3) is 0 Å². The summed E-state index contributed by atoms with van der Waals surface area (Å²) in [6, 6.07) is 10.5. The molecule has 2 aromatic rings. The largest absolute Gasteiger partial charge is 0.508 e. The Balaban J connectivity index is 2.41. The van der Waals surface area contributed by atoms with Crippen LogP contribution in [-0.2, 0) is 14.3 Å². The second-order valence-electron chi connectivity index (χ2n) is 8.87. The van der Waals surface area contributed by atoms with Crippen LogP contribution in [0.1, 0.15) is 32.4 Å². The Labute approximate surface area is 216 Å². The number of carbonyl (C=O) groups is 3. The lowest BCUT2D eigenvalue weighted by Crippen LogP contribution is -2.53. The molecule has 0 saturated carbocycles. The molecule has 0 aliphatic rings. The second kappa shape index (κ2) is 12.9. The highest BCUT2D eigenvalue weighted by Gasteiger charge is 2.35.